The Labute approximate surface area is 140 Å². The zero-order valence-corrected chi connectivity index (χ0v) is 13.0. The number of aromatic nitrogens is 1. The molecular formula is C16H9Cl2FN2O2. The van der Waals surface area contributed by atoms with Gasteiger partial charge in [-0.3, -0.25) is 9.59 Å². The number of anilines is 1. The van der Waals surface area contributed by atoms with Gasteiger partial charge in [-0.2, -0.15) is 0 Å². The third kappa shape index (κ3) is 3.06. The summed E-state index contributed by atoms with van der Waals surface area (Å²) in [6.07, 6.45) is 1.44. The number of carbonyl (C=O) groups excluding carboxylic acids is 2. The van der Waals surface area contributed by atoms with Crippen LogP contribution in [0.2, 0.25) is 10.0 Å². The van der Waals surface area contributed by atoms with Crippen LogP contribution in [0.3, 0.4) is 0 Å². The van der Waals surface area contributed by atoms with E-state index in [1.54, 1.807) is 18.2 Å². The Morgan fingerprint density at radius 2 is 1.87 bits per heavy atom. The van der Waals surface area contributed by atoms with Crippen molar-refractivity contribution in [3.8, 4) is 0 Å². The summed E-state index contributed by atoms with van der Waals surface area (Å²) < 4.78 is 13.1. The van der Waals surface area contributed by atoms with E-state index in [0.717, 1.165) is 6.07 Å². The van der Waals surface area contributed by atoms with Gasteiger partial charge in [-0.15, -0.1) is 0 Å². The van der Waals surface area contributed by atoms with Crippen molar-refractivity contribution in [1.82, 2.24) is 4.98 Å². The number of fused-ring (bicyclic) bond motifs is 1. The molecule has 0 saturated heterocycles. The van der Waals surface area contributed by atoms with E-state index in [1.165, 1.54) is 18.3 Å². The Morgan fingerprint density at radius 1 is 1.09 bits per heavy atom. The van der Waals surface area contributed by atoms with Crippen LogP contribution in [0, 0.1) is 5.82 Å². The lowest BCUT2D eigenvalue weighted by Crippen LogP contribution is -2.22. The maximum absolute atomic E-state index is 13.1. The highest BCUT2D eigenvalue weighted by Gasteiger charge is 2.20. The molecule has 3 rings (SSSR count). The number of carbonyl (C=O) groups is 2. The third-order valence-corrected chi connectivity index (χ3v) is 3.80. The highest BCUT2D eigenvalue weighted by atomic mass is 35.5. The molecule has 1 aromatic heterocycles. The van der Waals surface area contributed by atoms with Gasteiger partial charge in [-0.1, -0.05) is 29.3 Å². The van der Waals surface area contributed by atoms with Gasteiger partial charge >= 0.3 is 0 Å². The number of halogens is 3. The van der Waals surface area contributed by atoms with E-state index in [4.69, 9.17) is 23.2 Å². The lowest BCUT2D eigenvalue weighted by atomic mass is 10.1. The van der Waals surface area contributed by atoms with Gasteiger partial charge in [-0.05, 0) is 30.3 Å². The summed E-state index contributed by atoms with van der Waals surface area (Å²) in [5.41, 5.74) is 1.11. The van der Waals surface area contributed by atoms with Crippen LogP contribution < -0.4 is 5.32 Å². The molecule has 7 heteroatoms. The van der Waals surface area contributed by atoms with Crippen molar-refractivity contribution in [2.75, 3.05) is 5.32 Å². The normalized spacial score (nSPS) is 10.7. The molecule has 2 aromatic carbocycles. The Balaban J connectivity index is 1.86. The fraction of sp³-hybridized carbons (Fsp3) is 0. The summed E-state index contributed by atoms with van der Waals surface area (Å²) in [5.74, 6) is -2.17. The molecule has 0 unspecified atom stereocenters. The Kier molecular flexibility index (Phi) is 4.07. The molecule has 1 amide bonds. The van der Waals surface area contributed by atoms with Gasteiger partial charge in [0.2, 0.25) is 0 Å². The topological polar surface area (TPSA) is 62.0 Å². The van der Waals surface area contributed by atoms with Crippen molar-refractivity contribution in [3.05, 3.63) is 64.0 Å². The number of hydrogen-bond acceptors (Lipinski definition) is 2. The SMILES string of the molecule is O=C(Nc1ccc(F)c(Cl)c1)C(=O)c1c[nH]c2cc(Cl)ccc12. The maximum atomic E-state index is 13.1. The number of H-pyrrole nitrogens is 1. The van der Waals surface area contributed by atoms with Crippen molar-refractivity contribution in [3.63, 3.8) is 0 Å². The summed E-state index contributed by atoms with van der Waals surface area (Å²) in [4.78, 5) is 27.3. The smallest absolute Gasteiger partial charge is 0.296 e. The van der Waals surface area contributed by atoms with Crippen LogP contribution in [0.25, 0.3) is 10.9 Å². The lowest BCUT2D eigenvalue weighted by Gasteiger charge is -2.05. The lowest BCUT2D eigenvalue weighted by molar-refractivity contribution is -0.112. The molecule has 0 saturated carbocycles. The third-order valence-electron chi connectivity index (χ3n) is 3.27. The Morgan fingerprint density at radius 3 is 2.61 bits per heavy atom. The first-order valence-electron chi connectivity index (χ1n) is 6.53. The van der Waals surface area contributed by atoms with Gasteiger partial charge < -0.3 is 10.3 Å². The van der Waals surface area contributed by atoms with Gasteiger partial charge in [0.05, 0.1) is 10.6 Å². The summed E-state index contributed by atoms with van der Waals surface area (Å²) in [6.45, 7) is 0. The first-order valence-corrected chi connectivity index (χ1v) is 7.28. The second kappa shape index (κ2) is 6.02. The van der Waals surface area contributed by atoms with Crippen LogP contribution in [-0.2, 0) is 4.79 Å². The van der Waals surface area contributed by atoms with Gasteiger partial charge in [-0.25, -0.2) is 4.39 Å². The maximum Gasteiger partial charge on any atom is 0.296 e. The Bertz CT molecular complexity index is 937. The van der Waals surface area contributed by atoms with E-state index in [0.29, 0.717) is 15.9 Å². The minimum atomic E-state index is -0.844. The number of hydrogen-bond donors (Lipinski definition) is 2. The monoisotopic (exact) mass is 350 g/mol. The van der Waals surface area contributed by atoms with Gasteiger partial charge in [0.15, 0.2) is 0 Å². The van der Waals surface area contributed by atoms with Crippen LogP contribution in [0.1, 0.15) is 10.4 Å². The molecule has 0 aliphatic rings. The second-order valence-electron chi connectivity index (χ2n) is 4.80. The van der Waals surface area contributed by atoms with Gasteiger partial charge in [0, 0.05) is 27.8 Å². The van der Waals surface area contributed by atoms with Crippen LogP contribution in [0.4, 0.5) is 10.1 Å². The molecule has 0 fully saturated rings. The van der Waals surface area contributed by atoms with Crippen molar-refractivity contribution in [2.45, 2.75) is 0 Å². The summed E-state index contributed by atoms with van der Waals surface area (Å²) >= 11 is 11.5. The highest BCUT2D eigenvalue weighted by molar-refractivity contribution is 6.48. The quantitative estimate of drug-likeness (QED) is 0.542. The average Bonchev–Trinajstić information content (AvgIpc) is 2.93. The average molecular weight is 351 g/mol. The molecule has 1 heterocycles. The number of ketones is 1. The van der Waals surface area contributed by atoms with Crippen molar-refractivity contribution in [2.24, 2.45) is 0 Å². The molecular weight excluding hydrogens is 342 g/mol. The molecule has 0 spiro atoms. The second-order valence-corrected chi connectivity index (χ2v) is 5.65. The van der Waals surface area contributed by atoms with E-state index in [2.05, 4.69) is 10.3 Å². The van der Waals surface area contributed by atoms with E-state index in [1.807, 2.05) is 0 Å². The molecule has 0 aliphatic carbocycles. The molecule has 3 aromatic rings. The molecule has 0 atom stereocenters. The fourth-order valence-electron chi connectivity index (χ4n) is 2.17. The number of aromatic amines is 1. The minimum absolute atomic E-state index is 0.142. The zero-order chi connectivity index (χ0) is 16.6. The van der Waals surface area contributed by atoms with Crippen LogP contribution in [0.15, 0.2) is 42.6 Å². The number of Topliss-reactive ketones (excluding diaryl/α,β-unsaturated/α-hetero) is 1. The number of benzene rings is 2. The standard InChI is InChI=1S/C16H9Cl2FN2O2/c17-8-1-3-10-11(7-20-14(10)5-8)15(22)16(23)21-9-2-4-13(19)12(18)6-9/h1-7,20H,(H,21,23). The predicted octanol–water partition coefficient (Wildman–Crippen LogP) is 4.44. The number of nitrogens with one attached hydrogen (secondary N) is 2. The van der Waals surface area contributed by atoms with Crippen molar-refractivity contribution >= 4 is 51.5 Å². The highest BCUT2D eigenvalue weighted by Crippen LogP contribution is 2.23. The molecule has 0 radical (unpaired) electrons. The molecule has 2 N–H and O–H groups in total. The van der Waals surface area contributed by atoms with Gasteiger partial charge in [0.1, 0.15) is 5.82 Å². The number of amides is 1. The summed E-state index contributed by atoms with van der Waals surface area (Å²) in [7, 11) is 0. The first-order chi connectivity index (χ1) is 11.0. The molecule has 23 heavy (non-hydrogen) atoms. The van der Waals surface area contributed by atoms with Crippen molar-refractivity contribution in [1.29, 1.82) is 0 Å². The van der Waals surface area contributed by atoms with E-state index in [9.17, 15) is 14.0 Å². The summed E-state index contributed by atoms with van der Waals surface area (Å²) in [6, 6.07) is 8.61. The van der Waals surface area contributed by atoms with E-state index in [-0.39, 0.29) is 16.3 Å². The van der Waals surface area contributed by atoms with Gasteiger partial charge in [0.25, 0.3) is 11.7 Å². The molecule has 0 bridgehead atoms. The Hall–Kier alpha value is -2.37. The van der Waals surface area contributed by atoms with Crippen LogP contribution in [0.5, 0.6) is 0 Å². The number of rotatable bonds is 3. The molecule has 0 aliphatic heterocycles. The van der Waals surface area contributed by atoms with E-state index < -0.39 is 17.5 Å². The predicted molar refractivity (Wildman–Crippen MR) is 87.7 cm³/mol. The largest absolute Gasteiger partial charge is 0.360 e. The fourth-order valence-corrected chi connectivity index (χ4v) is 2.52. The minimum Gasteiger partial charge on any atom is -0.360 e. The van der Waals surface area contributed by atoms with Crippen LogP contribution in [-0.4, -0.2) is 16.7 Å². The van der Waals surface area contributed by atoms with E-state index >= 15 is 0 Å². The molecule has 116 valence electrons. The molecule has 4 nitrogen and oxygen atoms in total. The van der Waals surface area contributed by atoms with Crippen LogP contribution >= 0.6 is 23.2 Å². The van der Waals surface area contributed by atoms with Crippen molar-refractivity contribution < 1.29 is 14.0 Å². The first kappa shape index (κ1) is 15.5. The zero-order valence-electron chi connectivity index (χ0n) is 11.5. The summed E-state index contributed by atoms with van der Waals surface area (Å²) in [5, 5.41) is 3.36.